The Bertz CT molecular complexity index is 510. The monoisotopic (exact) mass is 304 g/mol. The molecule has 1 aromatic rings. The summed E-state index contributed by atoms with van der Waals surface area (Å²) in [6, 6.07) is 8.66. The van der Waals surface area contributed by atoms with Crippen LogP contribution in [-0.4, -0.2) is 30.3 Å². The fourth-order valence-electron chi connectivity index (χ4n) is 1.99. The lowest BCUT2D eigenvalue weighted by Gasteiger charge is -2.44. The van der Waals surface area contributed by atoms with E-state index in [1.807, 2.05) is 0 Å². The predicted molar refractivity (Wildman–Crippen MR) is 70.3 cm³/mol. The summed E-state index contributed by atoms with van der Waals surface area (Å²) in [7, 11) is 0. The highest BCUT2D eigenvalue weighted by Gasteiger charge is 2.64. The maximum Gasteiger partial charge on any atom is 0.427 e. The molecule has 1 aliphatic heterocycles. The van der Waals surface area contributed by atoms with Crippen LogP contribution in [0.15, 0.2) is 36.4 Å². The van der Waals surface area contributed by atoms with Crippen molar-refractivity contribution in [3.8, 4) is 0 Å². The molecule has 0 N–H and O–H groups in total. The van der Waals surface area contributed by atoms with E-state index in [0.717, 1.165) is 6.08 Å². The van der Waals surface area contributed by atoms with Crippen molar-refractivity contribution in [2.45, 2.75) is 37.6 Å². The van der Waals surface area contributed by atoms with E-state index in [1.54, 1.807) is 30.3 Å². The van der Waals surface area contributed by atoms with Crippen LogP contribution < -0.4 is 0 Å². The zero-order valence-corrected chi connectivity index (χ0v) is 11.7. The average Bonchev–Trinajstić information content (AvgIpc) is 2.40. The molecule has 116 valence electrons. The van der Waals surface area contributed by atoms with E-state index in [4.69, 9.17) is 9.47 Å². The Kier molecular flexibility index (Phi) is 4.13. The summed E-state index contributed by atoms with van der Waals surface area (Å²) >= 11 is 0. The molecule has 0 radical (unpaired) electrons. The highest BCUT2D eigenvalue weighted by atomic mass is 19.4. The second kappa shape index (κ2) is 5.42. The van der Waals surface area contributed by atoms with E-state index >= 15 is 0 Å². The molecule has 2 nitrogen and oxygen atoms in total. The summed E-state index contributed by atoms with van der Waals surface area (Å²) in [5.74, 6) is -1.27. The first kappa shape index (κ1) is 16.0. The third-order valence-electron chi connectivity index (χ3n) is 3.23. The minimum absolute atomic E-state index is 0.662. The molecule has 6 heteroatoms. The molecule has 0 bridgehead atoms. The first-order valence-corrected chi connectivity index (χ1v) is 6.45. The molecule has 2 rings (SSSR count). The number of rotatable bonds is 2. The minimum Gasteiger partial charge on any atom is -0.347 e. The number of ether oxygens (including phenoxy) is 2. The van der Waals surface area contributed by atoms with E-state index in [0.29, 0.717) is 5.56 Å². The topological polar surface area (TPSA) is 18.5 Å². The highest BCUT2D eigenvalue weighted by molar-refractivity contribution is 5.49. The molecular formula is C15H16F4O2. The molecule has 0 amide bonds. The Morgan fingerprint density at radius 3 is 2.38 bits per heavy atom. The van der Waals surface area contributed by atoms with Crippen LogP contribution in [0, 0.1) is 0 Å². The van der Waals surface area contributed by atoms with Crippen LogP contribution in [-0.2, 0) is 9.47 Å². The van der Waals surface area contributed by atoms with Crippen molar-refractivity contribution < 1.29 is 27.0 Å². The number of hydrogen-bond donors (Lipinski definition) is 0. The zero-order chi connectivity index (χ0) is 15.7. The lowest BCUT2D eigenvalue weighted by Crippen LogP contribution is -2.61. The van der Waals surface area contributed by atoms with Gasteiger partial charge in [0.05, 0.1) is 6.61 Å². The predicted octanol–water partition coefficient (Wildman–Crippen LogP) is 4.12. The van der Waals surface area contributed by atoms with Crippen LogP contribution in [0.1, 0.15) is 19.4 Å². The van der Waals surface area contributed by atoms with E-state index in [-0.39, 0.29) is 0 Å². The number of benzene rings is 1. The van der Waals surface area contributed by atoms with Crippen LogP contribution in [0.2, 0.25) is 0 Å². The first-order chi connectivity index (χ1) is 9.64. The summed E-state index contributed by atoms with van der Waals surface area (Å²) in [6.45, 7) is 1.81. The van der Waals surface area contributed by atoms with Gasteiger partial charge in [0.25, 0.3) is 5.67 Å². The van der Waals surface area contributed by atoms with E-state index in [9.17, 15) is 17.6 Å². The van der Waals surface area contributed by atoms with Gasteiger partial charge < -0.3 is 9.47 Å². The van der Waals surface area contributed by atoms with Crippen molar-refractivity contribution in [2.75, 3.05) is 6.61 Å². The maximum atomic E-state index is 14.4. The van der Waals surface area contributed by atoms with Gasteiger partial charge in [-0.2, -0.15) is 13.2 Å². The average molecular weight is 304 g/mol. The van der Waals surface area contributed by atoms with Crippen LogP contribution in [0.25, 0.3) is 6.08 Å². The second-order valence-corrected chi connectivity index (χ2v) is 5.36. The van der Waals surface area contributed by atoms with Gasteiger partial charge in [-0.05, 0) is 19.4 Å². The molecular weight excluding hydrogens is 288 g/mol. The SMILES string of the molecule is CC1(C)OC[C@@](F)(C(F)(F)F)[C@@H](/C=C/c2ccccc2)O1. The summed E-state index contributed by atoms with van der Waals surface area (Å²) in [4.78, 5) is 0. The largest absolute Gasteiger partial charge is 0.427 e. The van der Waals surface area contributed by atoms with Crippen LogP contribution >= 0.6 is 0 Å². The summed E-state index contributed by atoms with van der Waals surface area (Å²) in [5, 5.41) is 0. The number of hydrogen-bond acceptors (Lipinski definition) is 2. The van der Waals surface area contributed by atoms with Gasteiger partial charge >= 0.3 is 6.18 Å². The molecule has 1 fully saturated rings. The van der Waals surface area contributed by atoms with Gasteiger partial charge in [0.15, 0.2) is 5.79 Å². The second-order valence-electron chi connectivity index (χ2n) is 5.36. The molecule has 21 heavy (non-hydrogen) atoms. The van der Waals surface area contributed by atoms with E-state index < -0.39 is 30.3 Å². The van der Waals surface area contributed by atoms with Gasteiger partial charge in [0.2, 0.25) is 0 Å². The molecule has 1 heterocycles. The fraction of sp³-hybridized carbons (Fsp3) is 0.467. The van der Waals surface area contributed by atoms with E-state index in [2.05, 4.69) is 0 Å². The third kappa shape index (κ3) is 3.44. The maximum absolute atomic E-state index is 14.4. The third-order valence-corrected chi connectivity index (χ3v) is 3.23. The number of halogens is 4. The molecule has 1 saturated heterocycles. The normalized spacial score (nSPS) is 29.7. The van der Waals surface area contributed by atoms with Crippen molar-refractivity contribution in [2.24, 2.45) is 0 Å². The Hall–Kier alpha value is -1.40. The van der Waals surface area contributed by atoms with E-state index in [1.165, 1.54) is 19.9 Å². The fourth-order valence-corrected chi connectivity index (χ4v) is 1.99. The first-order valence-electron chi connectivity index (χ1n) is 6.45. The Morgan fingerprint density at radius 2 is 1.81 bits per heavy atom. The smallest absolute Gasteiger partial charge is 0.347 e. The minimum atomic E-state index is -5.07. The number of alkyl halides is 4. The van der Waals surface area contributed by atoms with Gasteiger partial charge in [-0.3, -0.25) is 0 Å². The van der Waals surface area contributed by atoms with Crippen molar-refractivity contribution in [3.05, 3.63) is 42.0 Å². The van der Waals surface area contributed by atoms with Gasteiger partial charge in [-0.25, -0.2) is 4.39 Å². The zero-order valence-electron chi connectivity index (χ0n) is 11.7. The molecule has 1 aromatic carbocycles. The lowest BCUT2D eigenvalue weighted by molar-refractivity contribution is -0.365. The molecule has 2 atom stereocenters. The Balaban J connectivity index is 2.28. The summed E-state index contributed by atoms with van der Waals surface area (Å²) in [5.41, 5.74) is -2.90. The molecule has 1 aliphatic rings. The van der Waals surface area contributed by atoms with Crippen molar-refractivity contribution in [1.29, 1.82) is 0 Å². The Labute approximate surface area is 120 Å². The van der Waals surface area contributed by atoms with Gasteiger partial charge in [-0.1, -0.05) is 42.5 Å². The van der Waals surface area contributed by atoms with Crippen LogP contribution in [0.3, 0.4) is 0 Å². The van der Waals surface area contributed by atoms with Crippen LogP contribution in [0.5, 0.6) is 0 Å². The van der Waals surface area contributed by atoms with Crippen molar-refractivity contribution in [3.63, 3.8) is 0 Å². The van der Waals surface area contributed by atoms with Crippen molar-refractivity contribution >= 4 is 6.08 Å². The summed E-state index contributed by atoms with van der Waals surface area (Å²) in [6.07, 6.45) is -4.34. The molecule has 0 saturated carbocycles. The molecule has 0 spiro atoms. The lowest BCUT2D eigenvalue weighted by atomic mass is 9.95. The van der Waals surface area contributed by atoms with Crippen LogP contribution in [0.4, 0.5) is 17.6 Å². The summed E-state index contributed by atoms with van der Waals surface area (Å²) < 4.78 is 63.3. The quantitative estimate of drug-likeness (QED) is 0.765. The van der Waals surface area contributed by atoms with Gasteiger partial charge in [0.1, 0.15) is 6.10 Å². The van der Waals surface area contributed by atoms with Gasteiger partial charge in [-0.15, -0.1) is 0 Å². The van der Waals surface area contributed by atoms with Crippen molar-refractivity contribution in [1.82, 2.24) is 0 Å². The molecule has 0 aromatic heterocycles. The molecule has 0 aliphatic carbocycles. The van der Waals surface area contributed by atoms with Gasteiger partial charge in [0, 0.05) is 0 Å². The Morgan fingerprint density at radius 1 is 1.19 bits per heavy atom. The standard InChI is InChI=1S/C15H16F4O2/c1-13(2)20-10-14(16,15(17,18)19)12(21-13)9-8-11-6-4-3-5-7-11/h3-9,12H,10H2,1-2H3/b9-8+/t12-,14+/m1/s1. The highest BCUT2D eigenvalue weighted by Crippen LogP contribution is 2.44. The molecule has 0 unspecified atom stereocenters.